The number of rotatable bonds is 4. The van der Waals surface area contributed by atoms with Gasteiger partial charge in [-0.1, -0.05) is 25.6 Å². The van der Waals surface area contributed by atoms with Gasteiger partial charge >= 0.3 is 0 Å². The first kappa shape index (κ1) is 15.6. The van der Waals surface area contributed by atoms with E-state index >= 15 is 0 Å². The number of amides is 1. The molecule has 2 aliphatic rings. The van der Waals surface area contributed by atoms with Crippen molar-refractivity contribution in [2.24, 2.45) is 11.8 Å². The summed E-state index contributed by atoms with van der Waals surface area (Å²) in [5.41, 5.74) is -0.230. The van der Waals surface area contributed by atoms with Gasteiger partial charge in [-0.15, -0.1) is 0 Å². The van der Waals surface area contributed by atoms with E-state index in [-0.39, 0.29) is 11.5 Å². The van der Waals surface area contributed by atoms with Crippen LogP contribution in [0.1, 0.15) is 39.2 Å². The second kappa shape index (κ2) is 6.44. The first-order valence-electron chi connectivity index (χ1n) is 8.02. The van der Waals surface area contributed by atoms with E-state index < -0.39 is 0 Å². The highest BCUT2D eigenvalue weighted by molar-refractivity contribution is 7.99. The first-order chi connectivity index (χ1) is 10.5. The van der Waals surface area contributed by atoms with E-state index in [2.05, 4.69) is 18.8 Å². The smallest absolute Gasteiger partial charge is 0.273 e. The number of carbonyl (C=O) groups is 1. The molecule has 2 unspecified atom stereocenters. The summed E-state index contributed by atoms with van der Waals surface area (Å²) in [5, 5.41) is 0.682. The second-order valence-electron chi connectivity index (χ2n) is 6.72. The van der Waals surface area contributed by atoms with Crippen molar-refractivity contribution < 1.29 is 4.79 Å². The second-order valence-corrected chi connectivity index (χ2v) is 7.66. The zero-order valence-electron chi connectivity index (χ0n) is 13.2. The normalized spacial score (nSPS) is 25.3. The minimum absolute atomic E-state index is 0.156. The zero-order valence-corrected chi connectivity index (χ0v) is 14.0. The molecule has 0 radical (unpaired) electrons. The number of hydrogen-bond acceptors (Lipinski definition) is 4. The molecular formula is C16H23N3O2S. The SMILES string of the molecule is CC1CC(C)CN(C(=O)CSc2nc(=O)ccn2C2CC2)C1. The van der Waals surface area contributed by atoms with Crippen LogP contribution in [0.2, 0.25) is 0 Å². The van der Waals surface area contributed by atoms with Gasteiger partial charge in [0.05, 0.1) is 5.75 Å². The van der Waals surface area contributed by atoms with Gasteiger partial charge in [-0.05, 0) is 31.1 Å². The van der Waals surface area contributed by atoms with Crippen LogP contribution in [-0.4, -0.2) is 39.2 Å². The van der Waals surface area contributed by atoms with Crippen molar-refractivity contribution >= 4 is 17.7 Å². The van der Waals surface area contributed by atoms with E-state index in [1.54, 1.807) is 0 Å². The van der Waals surface area contributed by atoms with Gasteiger partial charge in [0.2, 0.25) is 5.91 Å². The molecule has 1 amide bonds. The van der Waals surface area contributed by atoms with Crippen LogP contribution >= 0.6 is 11.8 Å². The van der Waals surface area contributed by atoms with E-state index in [1.807, 2.05) is 15.7 Å². The monoisotopic (exact) mass is 321 g/mol. The molecule has 5 nitrogen and oxygen atoms in total. The number of piperidine rings is 1. The number of likely N-dealkylation sites (tertiary alicyclic amines) is 1. The molecule has 1 aliphatic carbocycles. The Balaban J connectivity index is 1.63. The van der Waals surface area contributed by atoms with Crippen LogP contribution in [-0.2, 0) is 4.79 Å². The fourth-order valence-electron chi connectivity index (χ4n) is 3.22. The Morgan fingerprint density at radius 1 is 1.32 bits per heavy atom. The van der Waals surface area contributed by atoms with Crippen molar-refractivity contribution in [3.8, 4) is 0 Å². The minimum Gasteiger partial charge on any atom is -0.341 e. The summed E-state index contributed by atoms with van der Waals surface area (Å²) in [6.45, 7) is 6.10. The molecule has 22 heavy (non-hydrogen) atoms. The van der Waals surface area contributed by atoms with Gasteiger partial charge in [0, 0.05) is 31.4 Å². The van der Waals surface area contributed by atoms with E-state index in [0.29, 0.717) is 28.8 Å². The molecule has 2 atom stereocenters. The molecule has 2 fully saturated rings. The summed E-state index contributed by atoms with van der Waals surface area (Å²) in [6, 6.07) is 1.96. The van der Waals surface area contributed by atoms with Gasteiger partial charge in [-0.2, -0.15) is 4.98 Å². The van der Waals surface area contributed by atoms with Crippen LogP contribution in [0.15, 0.2) is 22.2 Å². The first-order valence-corrected chi connectivity index (χ1v) is 9.01. The topological polar surface area (TPSA) is 55.2 Å². The average molecular weight is 321 g/mol. The highest BCUT2D eigenvalue weighted by Crippen LogP contribution is 2.37. The van der Waals surface area contributed by atoms with Gasteiger partial charge in [-0.3, -0.25) is 9.59 Å². The van der Waals surface area contributed by atoms with Gasteiger partial charge in [0.1, 0.15) is 0 Å². The molecule has 0 N–H and O–H groups in total. The lowest BCUT2D eigenvalue weighted by Gasteiger charge is -2.35. The van der Waals surface area contributed by atoms with Crippen LogP contribution in [0.4, 0.5) is 0 Å². The molecule has 1 saturated heterocycles. The summed E-state index contributed by atoms with van der Waals surface area (Å²) in [7, 11) is 0. The summed E-state index contributed by atoms with van der Waals surface area (Å²) in [5.74, 6) is 1.65. The zero-order chi connectivity index (χ0) is 15.7. The van der Waals surface area contributed by atoms with Gasteiger partial charge in [0.25, 0.3) is 5.56 Å². The van der Waals surface area contributed by atoms with Crippen molar-refractivity contribution in [3.63, 3.8) is 0 Å². The quantitative estimate of drug-likeness (QED) is 0.630. The fourth-order valence-corrected chi connectivity index (χ4v) is 4.17. The summed E-state index contributed by atoms with van der Waals surface area (Å²) >= 11 is 1.39. The summed E-state index contributed by atoms with van der Waals surface area (Å²) < 4.78 is 2.04. The standard InChI is InChI=1S/C16H23N3O2S/c1-11-7-12(2)9-18(8-11)15(21)10-22-16-17-14(20)5-6-19(16)13-3-4-13/h5-6,11-13H,3-4,7-10H2,1-2H3. The van der Waals surface area contributed by atoms with E-state index in [0.717, 1.165) is 25.9 Å². The Bertz CT molecular complexity index is 602. The molecule has 1 aromatic heterocycles. The number of aromatic nitrogens is 2. The molecule has 1 aromatic rings. The Hall–Kier alpha value is -1.30. The van der Waals surface area contributed by atoms with Crippen LogP contribution in [0.5, 0.6) is 0 Å². The third-order valence-electron chi connectivity index (χ3n) is 4.29. The Morgan fingerprint density at radius 3 is 2.64 bits per heavy atom. The van der Waals surface area contributed by atoms with Crippen LogP contribution in [0.3, 0.4) is 0 Å². The predicted molar refractivity (Wildman–Crippen MR) is 87.0 cm³/mol. The molecule has 120 valence electrons. The molecule has 0 spiro atoms. The Labute approximate surface area is 135 Å². The van der Waals surface area contributed by atoms with Crippen LogP contribution in [0, 0.1) is 11.8 Å². The molecule has 3 rings (SSSR count). The minimum atomic E-state index is -0.230. The molecular weight excluding hydrogens is 298 g/mol. The molecule has 1 aliphatic heterocycles. The van der Waals surface area contributed by atoms with Crippen LogP contribution in [0.25, 0.3) is 0 Å². The van der Waals surface area contributed by atoms with Crippen molar-refractivity contribution in [3.05, 3.63) is 22.6 Å². The fraction of sp³-hybridized carbons (Fsp3) is 0.688. The van der Waals surface area contributed by atoms with Crippen molar-refractivity contribution in [2.45, 2.75) is 44.3 Å². The molecule has 0 aromatic carbocycles. The van der Waals surface area contributed by atoms with Gasteiger partial charge in [0.15, 0.2) is 5.16 Å². The number of thioether (sulfide) groups is 1. The van der Waals surface area contributed by atoms with Crippen molar-refractivity contribution in [1.82, 2.24) is 14.5 Å². The van der Waals surface area contributed by atoms with Crippen LogP contribution < -0.4 is 5.56 Å². The molecule has 0 bridgehead atoms. The third kappa shape index (κ3) is 3.72. The van der Waals surface area contributed by atoms with E-state index in [4.69, 9.17) is 0 Å². The van der Waals surface area contributed by atoms with Gasteiger partial charge in [-0.25, -0.2) is 0 Å². The summed E-state index contributed by atoms with van der Waals surface area (Å²) in [4.78, 5) is 30.0. The number of hydrogen-bond donors (Lipinski definition) is 0. The maximum Gasteiger partial charge on any atom is 0.273 e. The van der Waals surface area contributed by atoms with E-state index in [1.165, 1.54) is 24.2 Å². The Morgan fingerprint density at radius 2 is 2.00 bits per heavy atom. The van der Waals surface area contributed by atoms with Crippen molar-refractivity contribution in [2.75, 3.05) is 18.8 Å². The number of carbonyl (C=O) groups excluding carboxylic acids is 1. The molecule has 1 saturated carbocycles. The highest BCUT2D eigenvalue weighted by Gasteiger charge is 2.27. The lowest BCUT2D eigenvalue weighted by Crippen LogP contribution is -2.43. The maximum absolute atomic E-state index is 12.4. The lowest BCUT2D eigenvalue weighted by molar-refractivity contribution is -0.130. The van der Waals surface area contributed by atoms with Gasteiger partial charge < -0.3 is 9.47 Å². The predicted octanol–water partition coefficient (Wildman–Crippen LogP) is 2.17. The molecule has 2 heterocycles. The van der Waals surface area contributed by atoms with Crippen molar-refractivity contribution in [1.29, 1.82) is 0 Å². The Kier molecular flexibility index (Phi) is 4.57. The van der Waals surface area contributed by atoms with E-state index in [9.17, 15) is 9.59 Å². The lowest BCUT2D eigenvalue weighted by atomic mass is 9.92. The maximum atomic E-state index is 12.4. The largest absolute Gasteiger partial charge is 0.341 e. The summed E-state index contributed by atoms with van der Waals surface area (Å²) in [6.07, 6.45) is 5.27. The average Bonchev–Trinajstić information content (AvgIpc) is 3.28. The highest BCUT2D eigenvalue weighted by atomic mass is 32.2. The molecule has 6 heteroatoms. The number of nitrogens with zero attached hydrogens (tertiary/aromatic N) is 3. The third-order valence-corrected chi connectivity index (χ3v) is 5.24.